The van der Waals surface area contributed by atoms with Gasteiger partial charge in [0, 0.05) is 17.1 Å². The Labute approximate surface area is 130 Å². The van der Waals surface area contributed by atoms with E-state index in [1.165, 1.54) is 17.8 Å². The smallest absolute Gasteiger partial charge is 0.107 e. The van der Waals surface area contributed by atoms with E-state index in [9.17, 15) is 5.11 Å². The van der Waals surface area contributed by atoms with Crippen LogP contribution in [0.5, 0.6) is 0 Å². The first-order valence-corrected chi connectivity index (χ1v) is 8.48. The van der Waals surface area contributed by atoms with Crippen LogP contribution in [0.15, 0.2) is 35.7 Å². The van der Waals surface area contributed by atoms with E-state index < -0.39 is 0 Å². The Bertz CT molecular complexity index is 569. The zero-order chi connectivity index (χ0) is 14.7. The first kappa shape index (κ1) is 14.7. The molecule has 0 spiro atoms. The minimum Gasteiger partial charge on any atom is -0.388 e. The topological polar surface area (TPSA) is 36.4 Å². The fourth-order valence-corrected chi connectivity index (χ4v) is 3.88. The van der Waals surface area contributed by atoms with E-state index in [1.54, 1.807) is 11.3 Å². The molecule has 1 aliphatic rings. The summed E-state index contributed by atoms with van der Waals surface area (Å²) < 4.78 is 0. The molecule has 2 unspecified atom stereocenters. The van der Waals surface area contributed by atoms with Crippen LogP contribution in [0.1, 0.15) is 41.6 Å². The summed E-state index contributed by atoms with van der Waals surface area (Å²) in [7, 11) is 0. The fourth-order valence-electron chi connectivity index (χ4n) is 3.09. The summed E-state index contributed by atoms with van der Waals surface area (Å²) in [4.78, 5) is 7.04. The zero-order valence-corrected chi connectivity index (χ0v) is 13.2. The Hall–Kier alpha value is -1.23. The molecule has 0 bridgehead atoms. The van der Waals surface area contributed by atoms with Crippen molar-refractivity contribution < 1.29 is 5.11 Å². The molecule has 1 fully saturated rings. The van der Waals surface area contributed by atoms with Crippen molar-refractivity contribution in [1.82, 2.24) is 9.88 Å². The average Bonchev–Trinajstić information content (AvgIpc) is 3.10. The summed E-state index contributed by atoms with van der Waals surface area (Å²) in [6.45, 7) is 4.08. The molecule has 1 aliphatic heterocycles. The monoisotopic (exact) mass is 302 g/mol. The number of benzene rings is 1. The summed E-state index contributed by atoms with van der Waals surface area (Å²) in [5.74, 6) is 0. The third-order valence-electron chi connectivity index (χ3n) is 4.18. The van der Waals surface area contributed by atoms with Crippen LogP contribution in [0.4, 0.5) is 0 Å². The lowest BCUT2D eigenvalue weighted by atomic mass is 10.0. The van der Waals surface area contributed by atoms with E-state index in [-0.39, 0.29) is 6.10 Å². The van der Waals surface area contributed by atoms with Crippen molar-refractivity contribution in [2.75, 3.05) is 6.54 Å². The minimum absolute atomic E-state index is 0.366. The maximum Gasteiger partial charge on any atom is 0.107 e. The van der Waals surface area contributed by atoms with Crippen molar-refractivity contribution >= 4 is 11.3 Å². The van der Waals surface area contributed by atoms with Gasteiger partial charge in [0.05, 0.1) is 12.6 Å². The lowest BCUT2D eigenvalue weighted by Gasteiger charge is -2.25. The Morgan fingerprint density at radius 3 is 2.90 bits per heavy atom. The highest BCUT2D eigenvalue weighted by atomic mass is 32.1. The summed E-state index contributed by atoms with van der Waals surface area (Å²) >= 11 is 1.74. The molecule has 3 rings (SSSR count). The SMILES string of the molecule is Cc1csc(CN2CCCC2CC(O)c2ccccc2)n1. The van der Waals surface area contributed by atoms with Gasteiger partial charge in [-0.1, -0.05) is 30.3 Å². The van der Waals surface area contributed by atoms with Crippen molar-refractivity contribution in [3.8, 4) is 0 Å². The van der Waals surface area contributed by atoms with Crippen molar-refractivity contribution in [2.24, 2.45) is 0 Å². The van der Waals surface area contributed by atoms with E-state index in [2.05, 4.69) is 15.3 Å². The maximum atomic E-state index is 10.4. The van der Waals surface area contributed by atoms with Gasteiger partial charge in [-0.15, -0.1) is 11.3 Å². The molecular formula is C17H22N2OS. The summed E-state index contributed by atoms with van der Waals surface area (Å²) in [6, 6.07) is 10.4. The van der Waals surface area contributed by atoms with Crippen LogP contribution in [-0.4, -0.2) is 27.6 Å². The van der Waals surface area contributed by atoms with Gasteiger partial charge < -0.3 is 5.11 Å². The third kappa shape index (κ3) is 3.70. The largest absolute Gasteiger partial charge is 0.388 e. The highest BCUT2D eigenvalue weighted by Crippen LogP contribution is 2.29. The minimum atomic E-state index is -0.366. The standard InChI is InChI=1S/C17H22N2OS/c1-13-12-21-17(18-13)11-19-9-5-8-15(19)10-16(20)14-6-3-2-4-7-14/h2-4,6-7,12,15-16,20H,5,8-11H2,1H3. The molecule has 2 atom stereocenters. The first-order valence-electron chi connectivity index (χ1n) is 7.60. The lowest BCUT2D eigenvalue weighted by Crippen LogP contribution is -2.30. The Morgan fingerprint density at radius 1 is 1.38 bits per heavy atom. The number of nitrogens with zero attached hydrogens (tertiary/aromatic N) is 2. The van der Waals surface area contributed by atoms with Crippen LogP contribution in [0.2, 0.25) is 0 Å². The van der Waals surface area contributed by atoms with Crippen LogP contribution in [0, 0.1) is 6.92 Å². The van der Waals surface area contributed by atoms with E-state index >= 15 is 0 Å². The van der Waals surface area contributed by atoms with Gasteiger partial charge in [0.15, 0.2) is 0 Å². The molecule has 2 aromatic rings. The molecule has 0 saturated carbocycles. The molecule has 112 valence electrons. The fraction of sp³-hybridized carbons (Fsp3) is 0.471. The highest BCUT2D eigenvalue weighted by Gasteiger charge is 2.27. The number of aliphatic hydroxyl groups is 1. The van der Waals surface area contributed by atoms with Gasteiger partial charge in [-0.3, -0.25) is 4.90 Å². The van der Waals surface area contributed by atoms with Crippen LogP contribution in [0.25, 0.3) is 0 Å². The van der Waals surface area contributed by atoms with E-state index in [0.717, 1.165) is 30.8 Å². The van der Waals surface area contributed by atoms with Crippen molar-refractivity contribution in [3.05, 3.63) is 52.0 Å². The predicted molar refractivity (Wildman–Crippen MR) is 86.3 cm³/mol. The molecule has 4 heteroatoms. The number of aromatic nitrogens is 1. The molecule has 21 heavy (non-hydrogen) atoms. The quantitative estimate of drug-likeness (QED) is 0.918. The third-order valence-corrected chi connectivity index (χ3v) is 5.14. The molecule has 3 nitrogen and oxygen atoms in total. The number of hydrogen-bond donors (Lipinski definition) is 1. The van der Waals surface area contributed by atoms with Crippen molar-refractivity contribution in [3.63, 3.8) is 0 Å². The van der Waals surface area contributed by atoms with Gasteiger partial charge in [-0.25, -0.2) is 4.98 Å². The number of aliphatic hydroxyl groups excluding tert-OH is 1. The number of rotatable bonds is 5. The van der Waals surface area contributed by atoms with Crippen molar-refractivity contribution in [1.29, 1.82) is 0 Å². The Kier molecular flexibility index (Phi) is 4.68. The average molecular weight is 302 g/mol. The Balaban J connectivity index is 1.61. The van der Waals surface area contributed by atoms with Crippen molar-refractivity contribution in [2.45, 2.75) is 44.9 Å². The molecule has 2 heterocycles. The molecule has 1 N–H and O–H groups in total. The lowest BCUT2D eigenvalue weighted by molar-refractivity contribution is 0.118. The van der Waals surface area contributed by atoms with Crippen LogP contribution >= 0.6 is 11.3 Å². The predicted octanol–water partition coefficient (Wildman–Crippen LogP) is 3.54. The van der Waals surface area contributed by atoms with Gasteiger partial charge >= 0.3 is 0 Å². The van der Waals surface area contributed by atoms with Crippen LogP contribution < -0.4 is 0 Å². The van der Waals surface area contributed by atoms with E-state index in [4.69, 9.17) is 0 Å². The number of thiazole rings is 1. The van der Waals surface area contributed by atoms with Gasteiger partial charge in [0.2, 0.25) is 0 Å². The molecule has 0 amide bonds. The Morgan fingerprint density at radius 2 is 2.19 bits per heavy atom. The normalized spacial score (nSPS) is 20.8. The van der Waals surface area contributed by atoms with Crippen LogP contribution in [-0.2, 0) is 6.54 Å². The zero-order valence-electron chi connectivity index (χ0n) is 12.4. The summed E-state index contributed by atoms with van der Waals surface area (Å²) in [6.07, 6.45) is 2.84. The molecule has 1 saturated heterocycles. The van der Waals surface area contributed by atoms with E-state index in [1.807, 2.05) is 37.3 Å². The second-order valence-electron chi connectivity index (χ2n) is 5.81. The van der Waals surface area contributed by atoms with Crippen LogP contribution in [0.3, 0.4) is 0 Å². The summed E-state index contributed by atoms with van der Waals surface area (Å²) in [5, 5.41) is 13.7. The molecule has 0 radical (unpaired) electrons. The number of likely N-dealkylation sites (tertiary alicyclic amines) is 1. The molecule has 1 aromatic carbocycles. The molecule has 0 aliphatic carbocycles. The second kappa shape index (κ2) is 6.69. The highest BCUT2D eigenvalue weighted by molar-refractivity contribution is 7.09. The van der Waals surface area contributed by atoms with Gasteiger partial charge in [-0.05, 0) is 38.3 Å². The maximum absolute atomic E-state index is 10.4. The first-order chi connectivity index (χ1) is 10.2. The number of aryl methyl sites for hydroxylation is 1. The number of hydrogen-bond acceptors (Lipinski definition) is 4. The molecule has 1 aromatic heterocycles. The molecular weight excluding hydrogens is 280 g/mol. The van der Waals surface area contributed by atoms with E-state index in [0.29, 0.717) is 6.04 Å². The van der Waals surface area contributed by atoms with Gasteiger partial charge in [0.25, 0.3) is 0 Å². The van der Waals surface area contributed by atoms with Gasteiger partial charge in [0.1, 0.15) is 5.01 Å². The van der Waals surface area contributed by atoms with Gasteiger partial charge in [-0.2, -0.15) is 0 Å². The second-order valence-corrected chi connectivity index (χ2v) is 6.75. The summed E-state index contributed by atoms with van der Waals surface area (Å²) in [5.41, 5.74) is 2.13.